The maximum Gasteiger partial charge on any atom is 0.248 e. The molecule has 4 heteroatoms. The Morgan fingerprint density at radius 2 is 0.906 bits per heavy atom. The Morgan fingerprint density at radius 3 is 1.31 bits per heavy atom. The molecular formula is C28H22N2O2. The van der Waals surface area contributed by atoms with Crippen LogP contribution in [0.5, 0.6) is 0 Å². The molecule has 4 nitrogen and oxygen atoms in total. The maximum absolute atomic E-state index is 12.5. The Bertz CT molecular complexity index is 1190. The van der Waals surface area contributed by atoms with Gasteiger partial charge < -0.3 is 10.6 Å². The van der Waals surface area contributed by atoms with Crippen molar-refractivity contribution in [3.8, 4) is 0 Å². The molecule has 0 aliphatic carbocycles. The van der Waals surface area contributed by atoms with E-state index in [0.717, 1.165) is 21.9 Å². The normalized spacial score (nSPS) is 11.1. The first kappa shape index (κ1) is 20.8. The minimum atomic E-state index is -0.278. The minimum Gasteiger partial charge on any atom is -0.321 e. The molecule has 0 aliphatic heterocycles. The summed E-state index contributed by atoms with van der Waals surface area (Å²) >= 11 is 0. The van der Waals surface area contributed by atoms with E-state index in [1.165, 1.54) is 12.2 Å². The van der Waals surface area contributed by atoms with Crippen LogP contribution in [0.2, 0.25) is 0 Å². The van der Waals surface area contributed by atoms with Gasteiger partial charge >= 0.3 is 0 Å². The molecule has 0 bridgehead atoms. The highest BCUT2D eigenvalue weighted by Gasteiger charge is 2.09. The third kappa shape index (κ3) is 5.58. The summed E-state index contributed by atoms with van der Waals surface area (Å²) in [6.45, 7) is 0. The Morgan fingerprint density at radius 1 is 0.531 bits per heavy atom. The smallest absolute Gasteiger partial charge is 0.248 e. The SMILES string of the molecule is O=C(C=Cc1ccccc1)Nc1cc2ccccc2cc1NC(=O)C=Cc1ccccc1. The summed E-state index contributed by atoms with van der Waals surface area (Å²) in [6, 6.07) is 30.7. The van der Waals surface area contributed by atoms with Crippen LogP contribution in [-0.2, 0) is 9.59 Å². The van der Waals surface area contributed by atoms with Crippen LogP contribution in [0, 0.1) is 0 Å². The molecule has 0 saturated heterocycles. The largest absolute Gasteiger partial charge is 0.321 e. The molecule has 0 radical (unpaired) electrons. The van der Waals surface area contributed by atoms with Gasteiger partial charge in [0.25, 0.3) is 0 Å². The third-order valence-electron chi connectivity index (χ3n) is 4.86. The van der Waals surface area contributed by atoms with Crippen molar-refractivity contribution >= 4 is 46.1 Å². The summed E-state index contributed by atoms with van der Waals surface area (Å²) < 4.78 is 0. The van der Waals surface area contributed by atoms with Gasteiger partial charge in [0.15, 0.2) is 0 Å². The third-order valence-corrected chi connectivity index (χ3v) is 4.86. The molecule has 0 atom stereocenters. The molecule has 0 unspecified atom stereocenters. The molecule has 0 saturated carbocycles. The lowest BCUT2D eigenvalue weighted by Gasteiger charge is -2.12. The molecule has 4 aromatic carbocycles. The minimum absolute atomic E-state index is 0.278. The van der Waals surface area contributed by atoms with E-state index in [4.69, 9.17) is 0 Å². The standard InChI is InChI=1S/C28H22N2O2/c31-27(17-15-21-9-3-1-4-10-21)29-25-19-23-13-7-8-14-24(23)20-26(25)30-28(32)18-16-22-11-5-2-6-12-22/h1-20H,(H,29,31)(H,30,32). The van der Waals surface area contributed by atoms with E-state index in [1.54, 1.807) is 12.2 Å². The van der Waals surface area contributed by atoms with Crippen LogP contribution < -0.4 is 10.6 Å². The van der Waals surface area contributed by atoms with Crippen LogP contribution in [-0.4, -0.2) is 11.8 Å². The number of anilines is 2. The fourth-order valence-corrected chi connectivity index (χ4v) is 3.27. The van der Waals surface area contributed by atoms with E-state index in [0.29, 0.717) is 11.4 Å². The summed E-state index contributed by atoms with van der Waals surface area (Å²) in [4.78, 5) is 25.1. The molecule has 32 heavy (non-hydrogen) atoms. The highest BCUT2D eigenvalue weighted by molar-refractivity contribution is 6.10. The Hall–Kier alpha value is -4.44. The van der Waals surface area contributed by atoms with Crippen LogP contribution in [0.1, 0.15) is 11.1 Å². The number of carbonyl (C=O) groups is 2. The summed E-state index contributed by atoms with van der Waals surface area (Å²) in [5.74, 6) is -0.557. The van der Waals surface area contributed by atoms with E-state index in [-0.39, 0.29) is 11.8 Å². The topological polar surface area (TPSA) is 58.2 Å². The Balaban J connectivity index is 1.56. The Labute approximate surface area is 186 Å². The molecule has 0 fully saturated rings. The zero-order valence-electron chi connectivity index (χ0n) is 17.4. The number of hydrogen-bond donors (Lipinski definition) is 2. The highest BCUT2D eigenvalue weighted by Crippen LogP contribution is 2.28. The number of nitrogens with one attached hydrogen (secondary N) is 2. The predicted octanol–water partition coefficient (Wildman–Crippen LogP) is 6.14. The molecule has 0 aliphatic rings. The van der Waals surface area contributed by atoms with Gasteiger partial charge in [-0.1, -0.05) is 84.9 Å². The van der Waals surface area contributed by atoms with Gasteiger partial charge in [0.1, 0.15) is 0 Å². The fraction of sp³-hybridized carbons (Fsp3) is 0. The monoisotopic (exact) mass is 418 g/mol. The van der Waals surface area contributed by atoms with Gasteiger partial charge in [-0.05, 0) is 46.2 Å². The van der Waals surface area contributed by atoms with Gasteiger partial charge in [-0.3, -0.25) is 9.59 Å². The van der Waals surface area contributed by atoms with Crippen molar-refractivity contribution in [2.24, 2.45) is 0 Å². The first-order chi connectivity index (χ1) is 15.7. The lowest BCUT2D eigenvalue weighted by atomic mass is 10.1. The predicted molar refractivity (Wildman–Crippen MR) is 132 cm³/mol. The van der Waals surface area contributed by atoms with Crippen molar-refractivity contribution in [2.45, 2.75) is 0 Å². The van der Waals surface area contributed by atoms with E-state index in [1.807, 2.05) is 97.1 Å². The van der Waals surface area contributed by atoms with Gasteiger partial charge in [-0.15, -0.1) is 0 Å². The number of amides is 2. The average molecular weight is 418 g/mol. The molecule has 0 heterocycles. The number of hydrogen-bond acceptors (Lipinski definition) is 2. The number of carbonyl (C=O) groups excluding carboxylic acids is 2. The van der Waals surface area contributed by atoms with Crippen molar-refractivity contribution in [1.29, 1.82) is 0 Å². The van der Waals surface area contributed by atoms with Crippen molar-refractivity contribution in [1.82, 2.24) is 0 Å². The molecule has 0 aromatic heterocycles. The van der Waals surface area contributed by atoms with Crippen LogP contribution in [0.15, 0.2) is 109 Å². The summed E-state index contributed by atoms with van der Waals surface area (Å²) in [5, 5.41) is 7.71. The van der Waals surface area contributed by atoms with E-state index < -0.39 is 0 Å². The molecule has 4 rings (SSSR count). The first-order valence-corrected chi connectivity index (χ1v) is 10.3. The average Bonchev–Trinajstić information content (AvgIpc) is 2.83. The van der Waals surface area contributed by atoms with E-state index >= 15 is 0 Å². The lowest BCUT2D eigenvalue weighted by molar-refractivity contribution is -0.112. The zero-order valence-corrected chi connectivity index (χ0v) is 17.4. The molecule has 0 spiro atoms. The highest BCUT2D eigenvalue weighted by atomic mass is 16.2. The van der Waals surface area contributed by atoms with Crippen LogP contribution in [0.3, 0.4) is 0 Å². The maximum atomic E-state index is 12.5. The van der Waals surface area contributed by atoms with Crippen LogP contribution >= 0.6 is 0 Å². The van der Waals surface area contributed by atoms with Gasteiger partial charge in [0.2, 0.25) is 11.8 Å². The molecule has 156 valence electrons. The zero-order chi connectivity index (χ0) is 22.2. The second-order valence-corrected chi connectivity index (χ2v) is 7.21. The van der Waals surface area contributed by atoms with Crippen molar-refractivity contribution < 1.29 is 9.59 Å². The van der Waals surface area contributed by atoms with Crippen LogP contribution in [0.25, 0.3) is 22.9 Å². The van der Waals surface area contributed by atoms with E-state index in [9.17, 15) is 9.59 Å². The molecule has 4 aromatic rings. The fourth-order valence-electron chi connectivity index (χ4n) is 3.27. The van der Waals surface area contributed by atoms with Crippen molar-refractivity contribution in [3.63, 3.8) is 0 Å². The molecule has 2 amide bonds. The molecular weight excluding hydrogens is 396 g/mol. The van der Waals surface area contributed by atoms with Crippen LogP contribution in [0.4, 0.5) is 11.4 Å². The quantitative estimate of drug-likeness (QED) is 0.369. The van der Waals surface area contributed by atoms with Crippen molar-refractivity contribution in [2.75, 3.05) is 10.6 Å². The Kier molecular flexibility index (Phi) is 6.54. The number of benzene rings is 4. The second-order valence-electron chi connectivity index (χ2n) is 7.21. The van der Waals surface area contributed by atoms with Gasteiger partial charge in [0, 0.05) is 12.2 Å². The summed E-state index contributed by atoms with van der Waals surface area (Å²) in [6.07, 6.45) is 6.45. The second kappa shape index (κ2) is 10.0. The first-order valence-electron chi connectivity index (χ1n) is 10.3. The number of fused-ring (bicyclic) bond motifs is 1. The van der Waals surface area contributed by atoms with Crippen molar-refractivity contribution in [3.05, 3.63) is 120 Å². The van der Waals surface area contributed by atoms with Gasteiger partial charge in [-0.2, -0.15) is 0 Å². The van der Waals surface area contributed by atoms with E-state index in [2.05, 4.69) is 10.6 Å². The molecule has 2 N–H and O–H groups in total. The number of rotatable bonds is 6. The van der Waals surface area contributed by atoms with Gasteiger partial charge in [0.05, 0.1) is 11.4 Å². The summed E-state index contributed by atoms with van der Waals surface area (Å²) in [5.41, 5.74) is 2.93. The lowest BCUT2D eigenvalue weighted by Crippen LogP contribution is -2.13. The summed E-state index contributed by atoms with van der Waals surface area (Å²) in [7, 11) is 0. The van der Waals surface area contributed by atoms with Gasteiger partial charge in [-0.25, -0.2) is 0 Å².